The minimum atomic E-state index is -1.05. The quantitative estimate of drug-likeness (QED) is 0.733. The van der Waals surface area contributed by atoms with Crippen LogP contribution in [0, 0.1) is 0 Å². The Labute approximate surface area is 157 Å². The Morgan fingerprint density at radius 1 is 1.31 bits per heavy atom. The van der Waals surface area contributed by atoms with Gasteiger partial charge in [-0.15, -0.1) is 0 Å². The van der Waals surface area contributed by atoms with Gasteiger partial charge in [0, 0.05) is 13.0 Å². The largest absolute Gasteiger partial charge is 0.488 e. The normalized spacial score (nSPS) is 26.0. The van der Waals surface area contributed by atoms with E-state index in [1.54, 1.807) is 18.2 Å². The molecule has 4 rings (SSSR count). The SMILES string of the molecule is O=C(O)C1Cc2ccc(c(Cl)c2)OC/C=C/CCN2CCC[C@H]2C(=O)N1. The van der Waals surface area contributed by atoms with Gasteiger partial charge < -0.3 is 15.2 Å². The molecule has 26 heavy (non-hydrogen) atoms. The Morgan fingerprint density at radius 2 is 2.15 bits per heavy atom. The van der Waals surface area contributed by atoms with Gasteiger partial charge in [-0.2, -0.15) is 0 Å². The van der Waals surface area contributed by atoms with Gasteiger partial charge in [0.05, 0.1) is 11.1 Å². The lowest BCUT2D eigenvalue weighted by Crippen LogP contribution is -2.50. The minimum absolute atomic E-state index is 0.174. The molecule has 0 saturated carbocycles. The first kappa shape index (κ1) is 18.7. The highest BCUT2D eigenvalue weighted by atomic mass is 35.5. The maximum absolute atomic E-state index is 12.6. The summed E-state index contributed by atoms with van der Waals surface area (Å²) in [6, 6.07) is 3.95. The van der Waals surface area contributed by atoms with Gasteiger partial charge in [-0.25, -0.2) is 4.79 Å². The summed E-state index contributed by atoms with van der Waals surface area (Å²) in [6.45, 7) is 2.04. The lowest BCUT2D eigenvalue weighted by atomic mass is 10.0. The number of halogens is 1. The molecular weight excluding hydrogens is 356 g/mol. The number of carbonyl (C=O) groups excluding carboxylic acids is 1. The Morgan fingerprint density at radius 3 is 2.92 bits per heavy atom. The van der Waals surface area contributed by atoms with Crippen LogP contribution in [0.25, 0.3) is 0 Å². The zero-order chi connectivity index (χ0) is 18.5. The highest BCUT2D eigenvalue weighted by Gasteiger charge is 2.32. The molecular formula is C19H23ClN2O4. The van der Waals surface area contributed by atoms with Gasteiger partial charge in [0.15, 0.2) is 0 Å². The second-order valence-electron chi connectivity index (χ2n) is 6.63. The van der Waals surface area contributed by atoms with E-state index in [0.717, 1.165) is 37.9 Å². The van der Waals surface area contributed by atoms with Crippen LogP contribution in [0.1, 0.15) is 24.8 Å². The van der Waals surface area contributed by atoms with E-state index < -0.39 is 12.0 Å². The third-order valence-electron chi connectivity index (χ3n) is 4.80. The van der Waals surface area contributed by atoms with Crippen LogP contribution in [-0.4, -0.2) is 53.7 Å². The highest BCUT2D eigenvalue weighted by molar-refractivity contribution is 6.32. The molecule has 1 aromatic rings. The van der Waals surface area contributed by atoms with Gasteiger partial charge in [-0.1, -0.05) is 29.8 Å². The van der Waals surface area contributed by atoms with E-state index in [2.05, 4.69) is 10.2 Å². The van der Waals surface area contributed by atoms with Gasteiger partial charge in [0.25, 0.3) is 0 Å². The monoisotopic (exact) mass is 378 g/mol. The van der Waals surface area contributed by atoms with Crippen LogP contribution < -0.4 is 10.1 Å². The van der Waals surface area contributed by atoms with Crippen LogP contribution >= 0.6 is 11.6 Å². The van der Waals surface area contributed by atoms with Crippen molar-refractivity contribution in [1.82, 2.24) is 10.2 Å². The molecule has 1 amide bonds. The minimum Gasteiger partial charge on any atom is -0.488 e. The third kappa shape index (κ3) is 4.56. The summed E-state index contributed by atoms with van der Waals surface area (Å²) in [5.41, 5.74) is 0.737. The lowest BCUT2D eigenvalue weighted by Gasteiger charge is -2.25. The number of nitrogens with one attached hydrogen (secondary N) is 1. The van der Waals surface area contributed by atoms with Gasteiger partial charge in [0.1, 0.15) is 18.4 Å². The number of carbonyl (C=O) groups is 2. The number of hydrogen-bond acceptors (Lipinski definition) is 4. The molecule has 0 aliphatic carbocycles. The van der Waals surface area contributed by atoms with Crippen LogP contribution in [0.4, 0.5) is 0 Å². The highest BCUT2D eigenvalue weighted by Crippen LogP contribution is 2.26. The molecule has 1 saturated heterocycles. The number of rotatable bonds is 1. The molecule has 1 fully saturated rings. The van der Waals surface area contributed by atoms with Gasteiger partial charge in [0.2, 0.25) is 5.91 Å². The average Bonchev–Trinajstić information content (AvgIpc) is 3.06. The molecule has 0 radical (unpaired) electrons. The fourth-order valence-corrected chi connectivity index (χ4v) is 3.70. The van der Waals surface area contributed by atoms with Crippen molar-refractivity contribution < 1.29 is 19.4 Å². The summed E-state index contributed by atoms with van der Waals surface area (Å²) in [5.74, 6) is -0.705. The van der Waals surface area contributed by atoms with E-state index >= 15 is 0 Å². The first-order chi connectivity index (χ1) is 12.5. The summed E-state index contributed by atoms with van der Waals surface area (Å²) in [5, 5.41) is 12.7. The molecule has 2 atom stereocenters. The van der Waals surface area contributed by atoms with Crippen molar-refractivity contribution in [2.75, 3.05) is 19.7 Å². The predicted molar refractivity (Wildman–Crippen MR) is 98.6 cm³/mol. The van der Waals surface area contributed by atoms with Gasteiger partial charge in [-0.05, 0) is 43.5 Å². The summed E-state index contributed by atoms with van der Waals surface area (Å²) in [6.07, 6.45) is 6.66. The number of ether oxygens (including phenoxy) is 1. The smallest absolute Gasteiger partial charge is 0.326 e. The molecule has 0 aromatic heterocycles. The zero-order valence-electron chi connectivity index (χ0n) is 14.5. The number of nitrogens with zero attached hydrogens (tertiary/aromatic N) is 1. The van der Waals surface area contributed by atoms with E-state index in [4.69, 9.17) is 16.3 Å². The molecule has 3 aliphatic rings. The van der Waals surface area contributed by atoms with E-state index in [0.29, 0.717) is 17.4 Å². The summed E-state index contributed by atoms with van der Waals surface area (Å²) < 4.78 is 5.65. The molecule has 7 heteroatoms. The number of aliphatic carboxylic acids is 1. The topological polar surface area (TPSA) is 78.9 Å². The number of carboxylic acids is 1. The molecule has 2 N–H and O–H groups in total. The van der Waals surface area contributed by atoms with Gasteiger partial charge >= 0.3 is 5.97 Å². The molecule has 140 valence electrons. The van der Waals surface area contributed by atoms with Crippen LogP contribution in [0.5, 0.6) is 5.75 Å². The number of hydrogen-bond donors (Lipinski definition) is 2. The van der Waals surface area contributed by atoms with E-state index in [9.17, 15) is 14.7 Å². The first-order valence-electron chi connectivity index (χ1n) is 8.88. The Bertz CT molecular complexity index is 707. The summed E-state index contributed by atoms with van der Waals surface area (Å²) in [7, 11) is 0. The Balaban J connectivity index is 1.84. The maximum Gasteiger partial charge on any atom is 0.326 e. The first-order valence-corrected chi connectivity index (χ1v) is 9.26. The van der Waals surface area contributed by atoms with E-state index in [-0.39, 0.29) is 18.4 Å². The number of benzene rings is 1. The van der Waals surface area contributed by atoms with Crippen LogP contribution in [0.2, 0.25) is 5.02 Å². The van der Waals surface area contributed by atoms with Crippen molar-refractivity contribution in [3.05, 3.63) is 40.9 Å². The van der Waals surface area contributed by atoms with Crippen LogP contribution in [0.3, 0.4) is 0 Å². The predicted octanol–water partition coefficient (Wildman–Crippen LogP) is 2.25. The van der Waals surface area contributed by atoms with Crippen molar-refractivity contribution in [3.8, 4) is 5.75 Å². The third-order valence-corrected chi connectivity index (χ3v) is 5.10. The molecule has 2 bridgehead atoms. The molecule has 1 aromatic carbocycles. The van der Waals surface area contributed by atoms with Crippen molar-refractivity contribution in [3.63, 3.8) is 0 Å². The fraction of sp³-hybridized carbons (Fsp3) is 0.474. The maximum atomic E-state index is 12.6. The summed E-state index contributed by atoms with van der Waals surface area (Å²) in [4.78, 5) is 26.4. The molecule has 1 unspecified atom stereocenters. The summed E-state index contributed by atoms with van der Waals surface area (Å²) >= 11 is 6.23. The van der Waals surface area contributed by atoms with Gasteiger partial charge in [-0.3, -0.25) is 9.69 Å². The lowest BCUT2D eigenvalue weighted by molar-refractivity contribution is -0.142. The van der Waals surface area contributed by atoms with Crippen molar-refractivity contribution in [2.24, 2.45) is 0 Å². The second kappa shape index (κ2) is 8.56. The van der Waals surface area contributed by atoms with Crippen molar-refractivity contribution in [1.29, 1.82) is 0 Å². The zero-order valence-corrected chi connectivity index (χ0v) is 15.2. The van der Waals surface area contributed by atoms with Crippen LogP contribution in [-0.2, 0) is 16.0 Å². The molecule has 3 heterocycles. The molecule has 0 spiro atoms. The average molecular weight is 379 g/mol. The van der Waals surface area contributed by atoms with E-state index in [1.807, 2.05) is 12.2 Å². The van der Waals surface area contributed by atoms with E-state index in [1.165, 1.54) is 0 Å². The van der Waals surface area contributed by atoms with Crippen LogP contribution in [0.15, 0.2) is 30.4 Å². The van der Waals surface area contributed by atoms with Crippen molar-refractivity contribution in [2.45, 2.75) is 37.8 Å². The molecule has 6 nitrogen and oxygen atoms in total. The Kier molecular flexibility index (Phi) is 6.16. The number of fused-ring (bicyclic) bond motifs is 9. The molecule has 3 aliphatic heterocycles. The number of amides is 1. The second-order valence-corrected chi connectivity index (χ2v) is 7.04. The standard InChI is InChI=1S/C19H23ClN2O4/c20-14-11-13-6-7-17(14)26-10-3-1-2-8-22-9-4-5-16(22)18(23)21-15(12-13)19(24)25/h1,3,6-7,11,15-16H,2,4-5,8-10,12H2,(H,21,23)(H,24,25)/b3-1+/t15?,16-/m0/s1. The van der Waals surface area contributed by atoms with Crippen molar-refractivity contribution >= 4 is 23.5 Å². The number of carboxylic acid groups (broad SMARTS) is 1. The Hall–Kier alpha value is -2.05. The fourth-order valence-electron chi connectivity index (χ4n) is 3.45.